The van der Waals surface area contributed by atoms with Crippen molar-refractivity contribution < 1.29 is 27.9 Å². The fourth-order valence-corrected chi connectivity index (χ4v) is 2.39. The zero-order valence-corrected chi connectivity index (χ0v) is 12.2. The number of nitrogens with zero attached hydrogens (tertiary/aromatic N) is 2. The number of carbonyl (C=O) groups excluding carboxylic acids is 1. The normalized spacial score (nSPS) is 19.7. The van der Waals surface area contributed by atoms with Gasteiger partial charge in [-0.15, -0.1) is 0 Å². The Morgan fingerprint density at radius 3 is 2.48 bits per heavy atom. The second-order valence-electron chi connectivity index (χ2n) is 5.54. The Kier molecular flexibility index (Phi) is 5.86. The molecule has 0 aromatic carbocycles. The number of carboxylic acids is 1. The maximum atomic E-state index is 12.8. The number of hydrogen-bond donors (Lipinski definition) is 1. The van der Waals surface area contributed by atoms with Crippen molar-refractivity contribution in [2.45, 2.75) is 45.3 Å². The fraction of sp³-hybridized carbons (Fsp3) is 0.846. The van der Waals surface area contributed by atoms with Crippen molar-refractivity contribution >= 4 is 12.0 Å². The topological polar surface area (TPSA) is 60.9 Å². The molecule has 2 amide bonds. The molecule has 0 saturated carbocycles. The van der Waals surface area contributed by atoms with Gasteiger partial charge in [-0.1, -0.05) is 0 Å². The van der Waals surface area contributed by atoms with Crippen LogP contribution in [0.25, 0.3) is 0 Å². The third-order valence-corrected chi connectivity index (χ3v) is 3.59. The molecular formula is C13H21F3N2O3. The molecule has 0 radical (unpaired) electrons. The first-order chi connectivity index (χ1) is 9.62. The van der Waals surface area contributed by atoms with E-state index in [1.807, 2.05) is 0 Å². The molecule has 0 aromatic rings. The number of halogens is 3. The molecule has 21 heavy (non-hydrogen) atoms. The summed E-state index contributed by atoms with van der Waals surface area (Å²) in [7, 11) is 0. The van der Waals surface area contributed by atoms with Gasteiger partial charge in [0.1, 0.15) is 0 Å². The van der Waals surface area contributed by atoms with Gasteiger partial charge in [0.15, 0.2) is 0 Å². The number of hydrogen-bond acceptors (Lipinski definition) is 2. The van der Waals surface area contributed by atoms with E-state index < -0.39 is 24.1 Å². The number of piperidine rings is 1. The number of carbonyl (C=O) groups is 2. The molecule has 1 saturated heterocycles. The molecular weight excluding hydrogens is 289 g/mol. The van der Waals surface area contributed by atoms with Gasteiger partial charge in [-0.3, -0.25) is 4.79 Å². The maximum Gasteiger partial charge on any atom is 0.393 e. The van der Waals surface area contributed by atoms with Crippen LogP contribution in [0.15, 0.2) is 0 Å². The highest BCUT2D eigenvalue weighted by Gasteiger charge is 2.43. The monoisotopic (exact) mass is 310 g/mol. The molecule has 8 heteroatoms. The molecule has 0 aromatic heterocycles. The lowest BCUT2D eigenvalue weighted by atomic mass is 9.98. The minimum atomic E-state index is -4.30. The summed E-state index contributed by atoms with van der Waals surface area (Å²) < 4.78 is 38.3. The van der Waals surface area contributed by atoms with Crippen LogP contribution < -0.4 is 0 Å². The van der Waals surface area contributed by atoms with E-state index in [1.165, 1.54) is 9.80 Å². The first kappa shape index (κ1) is 17.6. The van der Waals surface area contributed by atoms with Crippen LogP contribution in [0.2, 0.25) is 0 Å². The summed E-state index contributed by atoms with van der Waals surface area (Å²) in [5.74, 6) is -2.54. The zero-order valence-electron chi connectivity index (χ0n) is 12.2. The van der Waals surface area contributed by atoms with Gasteiger partial charge in [0, 0.05) is 25.7 Å². The standard InChI is InChI=1S/C13H21F3N2O3/c1-9(2)18(7-5-11(19)20)12(21)17-6-3-4-10(8-17)13(14,15)16/h9-10H,3-8H2,1-2H3,(H,19,20). The Morgan fingerprint density at radius 1 is 1.38 bits per heavy atom. The maximum absolute atomic E-state index is 12.8. The van der Waals surface area contributed by atoms with E-state index in [0.717, 1.165) is 0 Å². The quantitative estimate of drug-likeness (QED) is 0.868. The number of urea groups is 1. The van der Waals surface area contributed by atoms with E-state index >= 15 is 0 Å². The summed E-state index contributed by atoms with van der Waals surface area (Å²) in [5.41, 5.74) is 0. The SMILES string of the molecule is CC(C)N(CCC(=O)O)C(=O)N1CCCC(C(F)(F)F)C1. The lowest BCUT2D eigenvalue weighted by molar-refractivity contribution is -0.184. The Balaban J connectivity index is 2.72. The molecule has 0 bridgehead atoms. The van der Waals surface area contributed by atoms with Crippen LogP contribution in [0.3, 0.4) is 0 Å². The predicted octanol–water partition coefficient (Wildman–Crippen LogP) is 2.57. The summed E-state index contributed by atoms with van der Waals surface area (Å²) in [6.45, 7) is 3.36. The highest BCUT2D eigenvalue weighted by Crippen LogP contribution is 2.33. The van der Waals surface area contributed by atoms with Crippen LogP contribution in [-0.2, 0) is 4.79 Å². The molecule has 1 fully saturated rings. The number of amides is 2. The molecule has 1 N–H and O–H groups in total. The van der Waals surface area contributed by atoms with Crippen LogP contribution >= 0.6 is 0 Å². The summed E-state index contributed by atoms with van der Waals surface area (Å²) in [6.07, 6.45) is -4.19. The molecule has 122 valence electrons. The van der Waals surface area contributed by atoms with Crippen molar-refractivity contribution in [1.29, 1.82) is 0 Å². The number of rotatable bonds is 4. The zero-order chi connectivity index (χ0) is 16.2. The third kappa shape index (κ3) is 5.09. The molecule has 1 unspecified atom stereocenters. The third-order valence-electron chi connectivity index (χ3n) is 3.59. The van der Waals surface area contributed by atoms with E-state index in [0.29, 0.717) is 6.42 Å². The van der Waals surface area contributed by atoms with E-state index in [-0.39, 0.29) is 38.5 Å². The van der Waals surface area contributed by atoms with Crippen LogP contribution in [0.4, 0.5) is 18.0 Å². The van der Waals surface area contributed by atoms with Crippen LogP contribution in [0.1, 0.15) is 33.1 Å². The van der Waals surface area contributed by atoms with E-state index in [4.69, 9.17) is 5.11 Å². The Morgan fingerprint density at radius 2 is 2.00 bits per heavy atom. The van der Waals surface area contributed by atoms with Gasteiger partial charge in [0.05, 0.1) is 12.3 Å². The smallest absolute Gasteiger partial charge is 0.393 e. The van der Waals surface area contributed by atoms with Gasteiger partial charge >= 0.3 is 18.2 Å². The lowest BCUT2D eigenvalue weighted by Gasteiger charge is -2.38. The van der Waals surface area contributed by atoms with Gasteiger partial charge in [-0.25, -0.2) is 4.79 Å². The number of alkyl halides is 3. The van der Waals surface area contributed by atoms with Crippen LogP contribution in [0, 0.1) is 5.92 Å². The average molecular weight is 310 g/mol. The van der Waals surface area contributed by atoms with Crippen molar-refractivity contribution in [1.82, 2.24) is 9.80 Å². The highest BCUT2D eigenvalue weighted by molar-refractivity contribution is 5.76. The molecule has 0 spiro atoms. The van der Waals surface area contributed by atoms with E-state index in [9.17, 15) is 22.8 Å². The summed E-state index contributed by atoms with van der Waals surface area (Å²) in [4.78, 5) is 25.4. The van der Waals surface area contributed by atoms with Gasteiger partial charge in [-0.2, -0.15) is 13.2 Å². The van der Waals surface area contributed by atoms with Crippen LogP contribution in [0.5, 0.6) is 0 Å². The van der Waals surface area contributed by atoms with E-state index in [1.54, 1.807) is 13.8 Å². The van der Waals surface area contributed by atoms with Crippen molar-refractivity contribution in [3.05, 3.63) is 0 Å². The van der Waals surface area contributed by atoms with Crippen LogP contribution in [-0.4, -0.2) is 58.8 Å². The summed E-state index contributed by atoms with van der Waals surface area (Å²) in [5, 5.41) is 8.68. The first-order valence-corrected chi connectivity index (χ1v) is 6.97. The summed E-state index contributed by atoms with van der Waals surface area (Å²) in [6, 6.07) is -0.775. The van der Waals surface area contributed by atoms with Crippen molar-refractivity contribution in [3.63, 3.8) is 0 Å². The minimum absolute atomic E-state index is 0.000974. The second kappa shape index (κ2) is 7.00. The highest BCUT2D eigenvalue weighted by atomic mass is 19.4. The van der Waals surface area contributed by atoms with Crippen molar-refractivity contribution in [2.75, 3.05) is 19.6 Å². The van der Waals surface area contributed by atoms with Gasteiger partial charge < -0.3 is 14.9 Å². The second-order valence-corrected chi connectivity index (χ2v) is 5.54. The van der Waals surface area contributed by atoms with Gasteiger partial charge in [-0.05, 0) is 26.7 Å². The first-order valence-electron chi connectivity index (χ1n) is 6.97. The molecule has 1 heterocycles. The number of aliphatic carboxylic acids is 1. The van der Waals surface area contributed by atoms with Gasteiger partial charge in [0.25, 0.3) is 0 Å². The number of likely N-dealkylation sites (tertiary alicyclic amines) is 1. The lowest BCUT2D eigenvalue weighted by Crippen LogP contribution is -2.52. The largest absolute Gasteiger partial charge is 0.481 e. The minimum Gasteiger partial charge on any atom is -0.481 e. The average Bonchev–Trinajstić information content (AvgIpc) is 2.37. The van der Waals surface area contributed by atoms with E-state index in [2.05, 4.69) is 0 Å². The van der Waals surface area contributed by atoms with Gasteiger partial charge in [0.2, 0.25) is 0 Å². The Bertz CT molecular complexity index is 385. The number of carboxylic acid groups (broad SMARTS) is 1. The van der Waals surface area contributed by atoms with Crippen molar-refractivity contribution in [2.24, 2.45) is 5.92 Å². The molecule has 1 rings (SSSR count). The fourth-order valence-electron chi connectivity index (χ4n) is 2.39. The molecule has 1 aliphatic rings. The summed E-state index contributed by atoms with van der Waals surface area (Å²) >= 11 is 0. The molecule has 0 aliphatic carbocycles. The van der Waals surface area contributed by atoms with Crippen molar-refractivity contribution in [3.8, 4) is 0 Å². The molecule has 1 atom stereocenters. The Hall–Kier alpha value is -1.47. The Labute approximate surface area is 121 Å². The molecule has 5 nitrogen and oxygen atoms in total. The predicted molar refractivity (Wildman–Crippen MR) is 69.8 cm³/mol. The molecule has 1 aliphatic heterocycles.